The highest BCUT2D eigenvalue weighted by atomic mass is 35.5. The van der Waals surface area contributed by atoms with Gasteiger partial charge in [0.2, 0.25) is 0 Å². The topological polar surface area (TPSA) is 73.9 Å². The molecule has 29 heavy (non-hydrogen) atoms. The Kier molecular flexibility index (Phi) is 7.36. The highest BCUT2D eigenvalue weighted by molar-refractivity contribution is 6.36. The highest BCUT2D eigenvalue weighted by Gasteiger charge is 2.20. The normalized spacial score (nSPS) is 16.9. The number of rotatable bonds is 7. The van der Waals surface area contributed by atoms with Crippen molar-refractivity contribution < 1.29 is 23.8 Å². The zero-order chi connectivity index (χ0) is 20.8. The number of benzene rings is 2. The first-order valence-electron chi connectivity index (χ1n) is 9.24. The standard InChI is InChI=1S/C21H21Cl2NO5/c1-13(20(25)24-19-9-6-15(22)11-18(19)23)29-21(26)14-4-7-16(8-5-14)28-12-17-3-2-10-27-17/h4-9,11,13,17H,2-3,10,12H2,1H3,(H,24,25). The van der Waals surface area contributed by atoms with Gasteiger partial charge < -0.3 is 19.5 Å². The third-order valence-electron chi connectivity index (χ3n) is 4.39. The summed E-state index contributed by atoms with van der Waals surface area (Å²) in [5.74, 6) is -0.472. The Hall–Kier alpha value is -2.28. The lowest BCUT2D eigenvalue weighted by Gasteiger charge is -2.15. The molecule has 2 aromatic carbocycles. The van der Waals surface area contributed by atoms with Gasteiger partial charge in [-0.2, -0.15) is 0 Å². The highest BCUT2D eigenvalue weighted by Crippen LogP contribution is 2.25. The van der Waals surface area contributed by atoms with Gasteiger partial charge in [-0.05, 0) is 62.2 Å². The van der Waals surface area contributed by atoms with Crippen LogP contribution in [0, 0.1) is 0 Å². The molecule has 3 rings (SSSR count). The summed E-state index contributed by atoms with van der Waals surface area (Å²) >= 11 is 11.9. The van der Waals surface area contributed by atoms with E-state index in [-0.39, 0.29) is 6.10 Å². The van der Waals surface area contributed by atoms with Gasteiger partial charge in [0.15, 0.2) is 6.10 Å². The number of esters is 1. The second kappa shape index (κ2) is 9.96. The fourth-order valence-electron chi connectivity index (χ4n) is 2.76. The Morgan fingerprint density at radius 1 is 1.21 bits per heavy atom. The van der Waals surface area contributed by atoms with Crippen LogP contribution in [0.3, 0.4) is 0 Å². The summed E-state index contributed by atoms with van der Waals surface area (Å²) in [6.07, 6.45) is 1.15. The molecule has 1 heterocycles. The van der Waals surface area contributed by atoms with Crippen molar-refractivity contribution in [3.8, 4) is 5.75 Å². The molecule has 1 saturated heterocycles. The Morgan fingerprint density at radius 2 is 1.97 bits per heavy atom. The molecule has 1 aliphatic heterocycles. The first kappa shape index (κ1) is 21.4. The summed E-state index contributed by atoms with van der Waals surface area (Å²) in [6.45, 7) is 2.74. The van der Waals surface area contributed by atoms with Crippen molar-refractivity contribution in [3.63, 3.8) is 0 Å². The molecule has 1 aliphatic rings. The molecule has 1 fully saturated rings. The summed E-state index contributed by atoms with van der Waals surface area (Å²) in [6, 6.07) is 11.2. The largest absolute Gasteiger partial charge is 0.491 e. The molecular weight excluding hydrogens is 417 g/mol. The van der Waals surface area contributed by atoms with Crippen LogP contribution in [0.2, 0.25) is 10.0 Å². The van der Waals surface area contributed by atoms with Crippen LogP contribution in [0.4, 0.5) is 5.69 Å². The van der Waals surface area contributed by atoms with E-state index < -0.39 is 18.0 Å². The Morgan fingerprint density at radius 3 is 2.62 bits per heavy atom. The molecule has 0 aliphatic carbocycles. The van der Waals surface area contributed by atoms with Crippen molar-refractivity contribution in [2.75, 3.05) is 18.5 Å². The number of hydrogen-bond acceptors (Lipinski definition) is 5. The van der Waals surface area contributed by atoms with Gasteiger partial charge in [-0.3, -0.25) is 4.79 Å². The van der Waals surface area contributed by atoms with Gasteiger partial charge in [-0.1, -0.05) is 23.2 Å². The minimum atomic E-state index is -1.01. The molecule has 6 nitrogen and oxygen atoms in total. The fourth-order valence-corrected chi connectivity index (χ4v) is 3.22. The summed E-state index contributed by atoms with van der Waals surface area (Å²) in [7, 11) is 0. The molecule has 154 valence electrons. The second-order valence-electron chi connectivity index (χ2n) is 6.63. The van der Waals surface area contributed by atoms with E-state index in [4.69, 9.17) is 37.4 Å². The molecule has 1 amide bonds. The Labute approximate surface area is 179 Å². The molecule has 2 unspecified atom stereocenters. The Bertz CT molecular complexity index is 866. The number of amides is 1. The molecule has 1 N–H and O–H groups in total. The van der Waals surface area contributed by atoms with Crippen molar-refractivity contribution >= 4 is 40.8 Å². The van der Waals surface area contributed by atoms with E-state index in [0.717, 1.165) is 19.4 Å². The summed E-state index contributed by atoms with van der Waals surface area (Å²) in [5, 5.41) is 3.36. The SMILES string of the molecule is CC(OC(=O)c1ccc(OCC2CCCO2)cc1)C(=O)Nc1ccc(Cl)cc1Cl. The lowest BCUT2D eigenvalue weighted by Crippen LogP contribution is -2.30. The third-order valence-corrected chi connectivity index (χ3v) is 4.94. The van der Waals surface area contributed by atoms with Crippen LogP contribution in [-0.4, -0.2) is 37.3 Å². The molecule has 8 heteroatoms. The van der Waals surface area contributed by atoms with E-state index in [9.17, 15) is 9.59 Å². The Balaban J connectivity index is 1.51. The first-order valence-corrected chi connectivity index (χ1v) is 9.99. The number of hydrogen-bond donors (Lipinski definition) is 1. The maximum absolute atomic E-state index is 12.3. The number of nitrogens with one attached hydrogen (secondary N) is 1. The van der Waals surface area contributed by atoms with Gasteiger partial charge in [0.05, 0.1) is 22.4 Å². The van der Waals surface area contributed by atoms with E-state index in [1.807, 2.05) is 0 Å². The van der Waals surface area contributed by atoms with Crippen LogP contribution < -0.4 is 10.1 Å². The van der Waals surface area contributed by atoms with Crippen LogP contribution in [0.15, 0.2) is 42.5 Å². The summed E-state index contributed by atoms with van der Waals surface area (Å²) in [5.41, 5.74) is 0.704. The van der Waals surface area contributed by atoms with Gasteiger partial charge in [0.1, 0.15) is 12.4 Å². The number of carbonyl (C=O) groups excluding carboxylic acids is 2. The molecule has 2 atom stereocenters. The van der Waals surface area contributed by atoms with Crippen LogP contribution in [0.5, 0.6) is 5.75 Å². The van der Waals surface area contributed by atoms with Crippen molar-refractivity contribution in [1.29, 1.82) is 0 Å². The van der Waals surface area contributed by atoms with E-state index in [1.54, 1.807) is 36.4 Å². The second-order valence-corrected chi connectivity index (χ2v) is 7.48. The monoisotopic (exact) mass is 437 g/mol. The lowest BCUT2D eigenvalue weighted by molar-refractivity contribution is -0.123. The van der Waals surface area contributed by atoms with Gasteiger partial charge >= 0.3 is 5.97 Å². The van der Waals surface area contributed by atoms with E-state index in [2.05, 4.69) is 5.32 Å². The fraction of sp³-hybridized carbons (Fsp3) is 0.333. The lowest BCUT2D eigenvalue weighted by atomic mass is 10.2. The number of ether oxygens (including phenoxy) is 3. The van der Waals surface area contributed by atoms with Crippen LogP contribution >= 0.6 is 23.2 Å². The molecule has 0 aromatic heterocycles. The van der Waals surface area contributed by atoms with Crippen molar-refractivity contribution in [2.24, 2.45) is 0 Å². The zero-order valence-electron chi connectivity index (χ0n) is 15.8. The minimum absolute atomic E-state index is 0.119. The van der Waals surface area contributed by atoms with Gasteiger partial charge in [0.25, 0.3) is 5.91 Å². The number of halogens is 2. The maximum atomic E-state index is 12.3. The van der Waals surface area contributed by atoms with Crippen molar-refractivity contribution in [2.45, 2.75) is 32.0 Å². The first-order chi connectivity index (χ1) is 13.9. The minimum Gasteiger partial charge on any atom is -0.491 e. The molecule has 0 spiro atoms. The molecular formula is C21H21Cl2NO5. The average molecular weight is 438 g/mol. The molecule has 0 bridgehead atoms. The van der Waals surface area contributed by atoms with Crippen LogP contribution in [-0.2, 0) is 14.3 Å². The van der Waals surface area contributed by atoms with Crippen molar-refractivity contribution in [1.82, 2.24) is 0 Å². The van der Waals surface area contributed by atoms with Gasteiger partial charge in [-0.15, -0.1) is 0 Å². The van der Waals surface area contributed by atoms with E-state index in [1.165, 1.54) is 13.0 Å². The van der Waals surface area contributed by atoms with E-state index in [0.29, 0.717) is 33.7 Å². The van der Waals surface area contributed by atoms with Crippen LogP contribution in [0.25, 0.3) is 0 Å². The average Bonchev–Trinajstić information content (AvgIpc) is 3.22. The van der Waals surface area contributed by atoms with Gasteiger partial charge in [-0.25, -0.2) is 4.79 Å². The molecule has 0 saturated carbocycles. The summed E-state index contributed by atoms with van der Waals surface area (Å²) in [4.78, 5) is 24.6. The smallest absolute Gasteiger partial charge is 0.338 e. The number of carbonyl (C=O) groups is 2. The predicted octanol–water partition coefficient (Wildman–Crippen LogP) is 4.74. The van der Waals surface area contributed by atoms with Crippen LogP contribution in [0.1, 0.15) is 30.1 Å². The van der Waals surface area contributed by atoms with Gasteiger partial charge in [0, 0.05) is 11.6 Å². The van der Waals surface area contributed by atoms with E-state index >= 15 is 0 Å². The number of anilines is 1. The zero-order valence-corrected chi connectivity index (χ0v) is 17.3. The third kappa shape index (κ3) is 6.10. The predicted molar refractivity (Wildman–Crippen MR) is 111 cm³/mol. The quantitative estimate of drug-likeness (QED) is 0.633. The molecule has 0 radical (unpaired) electrons. The van der Waals surface area contributed by atoms with Crippen molar-refractivity contribution in [3.05, 3.63) is 58.1 Å². The summed E-state index contributed by atoms with van der Waals surface area (Å²) < 4.78 is 16.4. The maximum Gasteiger partial charge on any atom is 0.338 e. The molecule has 2 aromatic rings.